The molecule has 10 aromatic rings. The largest absolute Gasteiger partial charge is 0.420 e. The summed E-state index contributed by atoms with van der Waals surface area (Å²) in [7, 11) is 0. The number of alkyl halides is 3. The highest BCUT2D eigenvalue weighted by Gasteiger charge is 2.39. The third-order valence-electron chi connectivity index (χ3n) is 11.5. The van der Waals surface area contributed by atoms with Gasteiger partial charge in [-0.15, -0.1) is 0 Å². The van der Waals surface area contributed by atoms with Crippen LogP contribution in [0.15, 0.2) is 152 Å². The molecular weight excluding hydrogens is 760 g/mol. The zero-order valence-electron chi connectivity index (χ0n) is 33.2. The van der Waals surface area contributed by atoms with Crippen molar-refractivity contribution >= 4 is 43.6 Å². The Morgan fingerprint density at radius 3 is 1.13 bits per heavy atom. The fourth-order valence-electron chi connectivity index (χ4n) is 9.25. The van der Waals surface area contributed by atoms with Gasteiger partial charge in [0.1, 0.15) is 17.2 Å². The van der Waals surface area contributed by atoms with E-state index in [9.17, 15) is 8.78 Å². The van der Waals surface area contributed by atoms with Crippen LogP contribution >= 0.6 is 0 Å². The number of benzene rings is 8. The molecule has 2 heterocycles. The lowest BCUT2D eigenvalue weighted by Gasteiger charge is -2.23. The molecule has 60 heavy (non-hydrogen) atoms. The highest BCUT2D eigenvalue weighted by molar-refractivity contribution is 6.12. The summed E-state index contributed by atoms with van der Waals surface area (Å²) in [5.41, 5.74) is 9.65. The summed E-state index contributed by atoms with van der Waals surface area (Å²) in [5, 5.41) is 3.09. The van der Waals surface area contributed by atoms with Crippen LogP contribution in [-0.4, -0.2) is 9.13 Å². The summed E-state index contributed by atoms with van der Waals surface area (Å²) < 4.78 is 82.3. The van der Waals surface area contributed by atoms with Gasteiger partial charge in [-0.05, 0) is 122 Å². The van der Waals surface area contributed by atoms with Crippen LogP contribution in [0.1, 0.15) is 27.8 Å². The van der Waals surface area contributed by atoms with Crippen LogP contribution in [0.4, 0.5) is 22.0 Å². The first-order chi connectivity index (χ1) is 28.8. The summed E-state index contributed by atoms with van der Waals surface area (Å²) in [6.45, 7) is 8.15. The molecule has 0 saturated carbocycles. The monoisotopic (exact) mass is 796 g/mol. The van der Waals surface area contributed by atoms with Gasteiger partial charge in [-0.3, -0.25) is 0 Å². The lowest BCUT2D eigenvalue weighted by atomic mass is 9.98. The Labute approximate surface area is 343 Å². The average Bonchev–Trinajstić information content (AvgIpc) is 3.71. The van der Waals surface area contributed by atoms with Gasteiger partial charge in [-0.1, -0.05) is 107 Å². The van der Waals surface area contributed by atoms with E-state index in [4.69, 9.17) is 0 Å². The Morgan fingerprint density at radius 1 is 0.350 bits per heavy atom. The molecule has 10 rings (SSSR count). The highest BCUT2D eigenvalue weighted by atomic mass is 19.4. The Morgan fingerprint density at radius 2 is 0.717 bits per heavy atom. The summed E-state index contributed by atoms with van der Waals surface area (Å²) in [6.07, 6.45) is -4.89. The Balaban J connectivity index is 1.33. The van der Waals surface area contributed by atoms with E-state index in [1.54, 1.807) is 9.13 Å². The molecule has 2 nitrogen and oxygen atoms in total. The van der Waals surface area contributed by atoms with Crippen molar-refractivity contribution in [3.05, 3.63) is 191 Å². The lowest BCUT2D eigenvalue weighted by molar-refractivity contribution is -0.137. The predicted octanol–water partition coefficient (Wildman–Crippen LogP) is 15.4. The van der Waals surface area contributed by atoms with Crippen LogP contribution in [-0.2, 0) is 6.18 Å². The Kier molecular flexibility index (Phi) is 8.58. The number of aromatic nitrogens is 2. The van der Waals surface area contributed by atoms with E-state index in [-0.39, 0.29) is 22.5 Å². The molecule has 0 spiro atoms. The molecule has 0 bridgehead atoms. The molecular formula is C53H37F5N2. The average molecular weight is 797 g/mol. The van der Waals surface area contributed by atoms with Crippen molar-refractivity contribution in [3.63, 3.8) is 0 Å². The van der Waals surface area contributed by atoms with Crippen LogP contribution in [0.5, 0.6) is 0 Å². The SMILES string of the molecule is Cc1cc(C)cc(-c2ccc3c(c2)c2ccccc2n3-c2cc(-c3cc(F)cc(F)c3)cc(-n3c4ccccc4c4cc(-c5cc(C)cc(C)c5)ccc43)c2C(F)(F)F)c1. The van der Waals surface area contributed by atoms with Crippen molar-refractivity contribution in [2.45, 2.75) is 33.9 Å². The lowest BCUT2D eigenvalue weighted by Crippen LogP contribution is -2.16. The minimum Gasteiger partial charge on any atom is -0.309 e. The molecule has 0 unspecified atom stereocenters. The van der Waals surface area contributed by atoms with E-state index in [1.807, 2.05) is 113 Å². The quantitative estimate of drug-likeness (QED) is 0.154. The number of halogens is 5. The topological polar surface area (TPSA) is 9.86 Å². The molecule has 0 fully saturated rings. The van der Waals surface area contributed by atoms with Crippen molar-refractivity contribution in [3.8, 4) is 44.8 Å². The van der Waals surface area contributed by atoms with Gasteiger partial charge in [0.25, 0.3) is 0 Å². The normalized spacial score (nSPS) is 12.1. The number of rotatable bonds is 5. The van der Waals surface area contributed by atoms with E-state index < -0.39 is 23.4 Å². The molecule has 0 aliphatic carbocycles. The first-order valence-corrected chi connectivity index (χ1v) is 19.8. The molecule has 0 aliphatic heterocycles. The highest BCUT2D eigenvalue weighted by Crippen LogP contribution is 2.47. The third kappa shape index (κ3) is 6.24. The zero-order valence-corrected chi connectivity index (χ0v) is 33.2. The molecule has 7 heteroatoms. The molecule has 0 saturated heterocycles. The van der Waals surface area contributed by atoms with Crippen LogP contribution in [0.25, 0.3) is 88.4 Å². The Hall–Kier alpha value is -6.99. The maximum Gasteiger partial charge on any atom is 0.420 e. The number of hydrogen-bond acceptors (Lipinski definition) is 0. The number of nitrogens with zero attached hydrogens (tertiary/aromatic N) is 2. The van der Waals surface area contributed by atoms with Crippen LogP contribution < -0.4 is 0 Å². The second-order valence-corrected chi connectivity index (χ2v) is 16.0. The number of hydrogen-bond donors (Lipinski definition) is 0. The molecule has 2 aromatic heterocycles. The molecule has 8 aromatic carbocycles. The van der Waals surface area contributed by atoms with Crippen LogP contribution in [0.3, 0.4) is 0 Å². The molecule has 0 radical (unpaired) electrons. The van der Waals surface area contributed by atoms with E-state index >= 15 is 13.2 Å². The van der Waals surface area contributed by atoms with Gasteiger partial charge in [0.05, 0.1) is 33.4 Å². The third-order valence-corrected chi connectivity index (χ3v) is 11.5. The van der Waals surface area contributed by atoms with Crippen molar-refractivity contribution < 1.29 is 22.0 Å². The van der Waals surface area contributed by atoms with Crippen molar-refractivity contribution in [2.24, 2.45) is 0 Å². The van der Waals surface area contributed by atoms with Crippen LogP contribution in [0, 0.1) is 39.3 Å². The van der Waals surface area contributed by atoms with E-state index in [0.717, 1.165) is 84.3 Å². The van der Waals surface area contributed by atoms with Crippen LogP contribution in [0.2, 0.25) is 0 Å². The minimum absolute atomic E-state index is 0.111. The first kappa shape index (κ1) is 37.3. The number of para-hydroxylation sites is 2. The molecule has 0 aliphatic rings. The fraction of sp³-hybridized carbons (Fsp3) is 0.0943. The molecule has 0 atom stereocenters. The maximum atomic E-state index is 16.3. The van der Waals surface area contributed by atoms with Gasteiger partial charge >= 0.3 is 6.18 Å². The van der Waals surface area contributed by atoms with Crippen molar-refractivity contribution in [1.82, 2.24) is 9.13 Å². The Bertz CT molecular complexity index is 3130. The van der Waals surface area contributed by atoms with Crippen molar-refractivity contribution in [2.75, 3.05) is 0 Å². The minimum atomic E-state index is -4.89. The van der Waals surface area contributed by atoms with Crippen molar-refractivity contribution in [1.29, 1.82) is 0 Å². The molecule has 0 N–H and O–H groups in total. The van der Waals surface area contributed by atoms with Gasteiger partial charge in [-0.25, -0.2) is 8.78 Å². The summed E-state index contributed by atoms with van der Waals surface area (Å²) in [4.78, 5) is 0. The predicted molar refractivity (Wildman–Crippen MR) is 235 cm³/mol. The number of aryl methyl sites for hydroxylation is 4. The van der Waals surface area contributed by atoms with E-state index in [0.29, 0.717) is 22.1 Å². The summed E-state index contributed by atoms with van der Waals surface area (Å²) in [6, 6.07) is 45.0. The zero-order chi connectivity index (χ0) is 41.6. The van der Waals surface area contributed by atoms with Gasteiger partial charge in [-0.2, -0.15) is 13.2 Å². The second kappa shape index (κ2) is 13.8. The smallest absolute Gasteiger partial charge is 0.309 e. The van der Waals surface area contributed by atoms with Gasteiger partial charge in [0.15, 0.2) is 0 Å². The molecule has 0 amide bonds. The van der Waals surface area contributed by atoms with E-state index in [2.05, 4.69) is 36.4 Å². The maximum absolute atomic E-state index is 16.3. The van der Waals surface area contributed by atoms with Gasteiger partial charge in [0, 0.05) is 27.6 Å². The first-order valence-electron chi connectivity index (χ1n) is 19.8. The van der Waals surface area contributed by atoms with E-state index in [1.165, 1.54) is 12.1 Å². The van der Waals surface area contributed by atoms with Gasteiger partial charge in [0.2, 0.25) is 0 Å². The second-order valence-electron chi connectivity index (χ2n) is 16.0. The summed E-state index contributed by atoms with van der Waals surface area (Å²) in [5.74, 6) is -1.67. The number of fused-ring (bicyclic) bond motifs is 6. The summed E-state index contributed by atoms with van der Waals surface area (Å²) >= 11 is 0. The standard InChI is InChI=1S/C53H37F5N2/c1-30-17-31(2)20-36(19-30)34-13-15-48-44(25-34)42-9-5-7-11-46(42)59(48)50-27-39(38-23-40(54)29-41(55)24-38)28-51(52(50)53(56,57)58)60-47-12-8-6-10-43(47)45-26-35(14-16-49(45)60)37-21-32(3)18-33(4)22-37/h5-29H,1-4H3. The van der Waals surface area contributed by atoms with Gasteiger partial charge < -0.3 is 9.13 Å². The molecule has 294 valence electrons. The fourth-order valence-corrected chi connectivity index (χ4v) is 9.25.